The van der Waals surface area contributed by atoms with Crippen molar-refractivity contribution in [3.05, 3.63) is 0 Å². The molecule has 124 valence electrons. The Hall–Kier alpha value is -0.120. The van der Waals surface area contributed by atoms with Crippen molar-refractivity contribution >= 4 is 0 Å². The second kappa shape index (κ2) is 6.97. The number of hydrogen-bond acceptors (Lipinski definition) is 3. The molecule has 21 heavy (non-hydrogen) atoms. The first-order chi connectivity index (χ1) is 9.81. The molecule has 1 atom stereocenters. The van der Waals surface area contributed by atoms with Crippen LogP contribution >= 0.6 is 0 Å². The minimum atomic E-state index is -0.0239. The SMILES string of the molecule is CC(C)C1CNC2(CCCCC2)CN1CCOC(C)(C)C. The summed E-state index contributed by atoms with van der Waals surface area (Å²) in [7, 11) is 0. The number of nitrogens with zero attached hydrogens (tertiary/aromatic N) is 1. The van der Waals surface area contributed by atoms with Crippen LogP contribution in [0.3, 0.4) is 0 Å². The van der Waals surface area contributed by atoms with Crippen molar-refractivity contribution in [2.75, 3.05) is 26.2 Å². The van der Waals surface area contributed by atoms with Crippen LogP contribution in [-0.4, -0.2) is 48.3 Å². The molecule has 1 N–H and O–H groups in total. The van der Waals surface area contributed by atoms with Gasteiger partial charge in [-0.25, -0.2) is 0 Å². The van der Waals surface area contributed by atoms with E-state index in [9.17, 15) is 0 Å². The molecule has 1 saturated heterocycles. The summed E-state index contributed by atoms with van der Waals surface area (Å²) in [5.74, 6) is 0.702. The lowest BCUT2D eigenvalue weighted by Crippen LogP contribution is -2.66. The highest BCUT2D eigenvalue weighted by Gasteiger charge is 2.40. The lowest BCUT2D eigenvalue weighted by atomic mass is 9.78. The van der Waals surface area contributed by atoms with Crippen LogP contribution in [0.15, 0.2) is 0 Å². The fourth-order valence-corrected chi connectivity index (χ4v) is 3.95. The Morgan fingerprint density at radius 1 is 1.19 bits per heavy atom. The van der Waals surface area contributed by atoms with E-state index in [0.29, 0.717) is 17.5 Å². The van der Waals surface area contributed by atoms with Crippen molar-refractivity contribution in [3.63, 3.8) is 0 Å². The maximum absolute atomic E-state index is 5.97. The van der Waals surface area contributed by atoms with Gasteiger partial charge in [0, 0.05) is 31.2 Å². The van der Waals surface area contributed by atoms with E-state index in [4.69, 9.17) is 4.74 Å². The van der Waals surface area contributed by atoms with Gasteiger partial charge in [0.15, 0.2) is 0 Å². The summed E-state index contributed by atoms with van der Waals surface area (Å²) in [6.07, 6.45) is 6.92. The van der Waals surface area contributed by atoms with E-state index in [2.05, 4.69) is 44.8 Å². The highest BCUT2D eigenvalue weighted by atomic mass is 16.5. The maximum atomic E-state index is 5.97. The van der Waals surface area contributed by atoms with Crippen molar-refractivity contribution in [3.8, 4) is 0 Å². The first-order valence-electron chi connectivity index (χ1n) is 8.94. The molecule has 0 amide bonds. The predicted octanol–water partition coefficient (Wildman–Crippen LogP) is 3.43. The molecule has 3 nitrogen and oxygen atoms in total. The fraction of sp³-hybridized carbons (Fsp3) is 1.00. The minimum absolute atomic E-state index is 0.0239. The molecule has 0 bridgehead atoms. The van der Waals surface area contributed by atoms with Crippen molar-refractivity contribution in [1.29, 1.82) is 0 Å². The van der Waals surface area contributed by atoms with E-state index in [1.165, 1.54) is 38.6 Å². The smallest absolute Gasteiger partial charge is 0.0600 e. The molecular formula is C18H36N2O. The lowest BCUT2D eigenvalue weighted by Gasteiger charge is -2.51. The Kier molecular flexibility index (Phi) is 5.72. The Bertz CT molecular complexity index is 316. The van der Waals surface area contributed by atoms with Gasteiger partial charge in [0.2, 0.25) is 0 Å². The van der Waals surface area contributed by atoms with Gasteiger partial charge in [-0.05, 0) is 39.5 Å². The summed E-state index contributed by atoms with van der Waals surface area (Å²) in [6.45, 7) is 15.4. The molecule has 0 radical (unpaired) electrons. The molecule has 2 aliphatic rings. The highest BCUT2D eigenvalue weighted by molar-refractivity contribution is 5.00. The molecule has 2 rings (SSSR count). The van der Waals surface area contributed by atoms with Crippen LogP contribution in [0.4, 0.5) is 0 Å². The first-order valence-corrected chi connectivity index (χ1v) is 8.94. The Morgan fingerprint density at radius 2 is 1.86 bits per heavy atom. The van der Waals surface area contributed by atoms with Crippen LogP contribution in [0.2, 0.25) is 0 Å². The molecule has 0 aromatic rings. The van der Waals surface area contributed by atoms with Crippen molar-refractivity contribution in [2.45, 2.75) is 83.9 Å². The monoisotopic (exact) mass is 296 g/mol. The van der Waals surface area contributed by atoms with Crippen molar-refractivity contribution in [1.82, 2.24) is 10.2 Å². The summed E-state index contributed by atoms with van der Waals surface area (Å²) in [5.41, 5.74) is 0.370. The summed E-state index contributed by atoms with van der Waals surface area (Å²) < 4.78 is 5.97. The Labute approximate surface area is 131 Å². The second-order valence-corrected chi connectivity index (χ2v) is 8.46. The zero-order chi connectivity index (χ0) is 15.5. The van der Waals surface area contributed by atoms with E-state index in [-0.39, 0.29) is 5.60 Å². The summed E-state index contributed by atoms with van der Waals surface area (Å²) in [5, 5.41) is 3.92. The number of rotatable bonds is 4. The van der Waals surface area contributed by atoms with E-state index in [0.717, 1.165) is 19.7 Å². The van der Waals surface area contributed by atoms with Crippen LogP contribution in [0.25, 0.3) is 0 Å². The largest absolute Gasteiger partial charge is 0.375 e. The average Bonchev–Trinajstić information content (AvgIpc) is 2.38. The number of piperazine rings is 1. The van der Waals surface area contributed by atoms with Crippen molar-refractivity contribution < 1.29 is 4.74 Å². The van der Waals surface area contributed by atoms with Crippen LogP contribution in [0, 0.1) is 5.92 Å². The summed E-state index contributed by atoms with van der Waals surface area (Å²) >= 11 is 0. The highest BCUT2D eigenvalue weighted by Crippen LogP contribution is 2.33. The Morgan fingerprint density at radius 3 is 2.43 bits per heavy atom. The van der Waals surface area contributed by atoms with Crippen LogP contribution < -0.4 is 5.32 Å². The van der Waals surface area contributed by atoms with Gasteiger partial charge in [-0.1, -0.05) is 33.1 Å². The topological polar surface area (TPSA) is 24.5 Å². The normalized spacial score (nSPS) is 27.4. The number of hydrogen-bond donors (Lipinski definition) is 1. The van der Waals surface area contributed by atoms with Gasteiger partial charge >= 0.3 is 0 Å². The molecule has 1 spiro atoms. The van der Waals surface area contributed by atoms with Gasteiger partial charge in [-0.2, -0.15) is 0 Å². The molecular weight excluding hydrogens is 260 g/mol. The molecule has 2 fully saturated rings. The zero-order valence-corrected chi connectivity index (χ0v) is 14.9. The van der Waals surface area contributed by atoms with Crippen molar-refractivity contribution in [2.24, 2.45) is 5.92 Å². The number of nitrogens with one attached hydrogen (secondary N) is 1. The molecule has 1 aliphatic carbocycles. The minimum Gasteiger partial charge on any atom is -0.375 e. The van der Waals surface area contributed by atoms with E-state index in [1.807, 2.05) is 0 Å². The molecule has 1 aliphatic heterocycles. The molecule has 3 heteroatoms. The molecule has 1 unspecified atom stereocenters. The molecule has 1 heterocycles. The van der Waals surface area contributed by atoms with Crippen LogP contribution in [0.1, 0.15) is 66.7 Å². The number of ether oxygens (including phenoxy) is 1. The van der Waals surface area contributed by atoms with Gasteiger partial charge in [-0.3, -0.25) is 4.90 Å². The van der Waals surface area contributed by atoms with E-state index in [1.54, 1.807) is 0 Å². The van der Waals surface area contributed by atoms with E-state index < -0.39 is 0 Å². The standard InChI is InChI=1S/C18H36N2O/c1-15(2)16-13-19-18(9-7-6-8-10-18)14-20(16)11-12-21-17(3,4)5/h15-16,19H,6-14H2,1-5H3. The first kappa shape index (κ1) is 17.2. The summed E-state index contributed by atoms with van der Waals surface area (Å²) in [6, 6.07) is 0.654. The maximum Gasteiger partial charge on any atom is 0.0600 e. The Balaban J connectivity index is 1.94. The molecule has 0 aromatic heterocycles. The third-order valence-corrected chi connectivity index (χ3v) is 5.15. The van der Waals surface area contributed by atoms with Crippen LogP contribution in [0.5, 0.6) is 0 Å². The third-order valence-electron chi connectivity index (χ3n) is 5.15. The van der Waals surface area contributed by atoms with Crippen LogP contribution in [-0.2, 0) is 4.74 Å². The lowest BCUT2D eigenvalue weighted by molar-refractivity contribution is -0.0357. The van der Waals surface area contributed by atoms with Gasteiger partial charge in [0.05, 0.1) is 12.2 Å². The van der Waals surface area contributed by atoms with Gasteiger partial charge in [0.1, 0.15) is 0 Å². The van der Waals surface area contributed by atoms with Gasteiger partial charge < -0.3 is 10.1 Å². The zero-order valence-electron chi connectivity index (χ0n) is 14.9. The molecule has 0 aromatic carbocycles. The average molecular weight is 296 g/mol. The fourth-order valence-electron chi connectivity index (χ4n) is 3.95. The van der Waals surface area contributed by atoms with E-state index >= 15 is 0 Å². The third kappa shape index (κ3) is 4.94. The second-order valence-electron chi connectivity index (χ2n) is 8.46. The quantitative estimate of drug-likeness (QED) is 0.860. The summed E-state index contributed by atoms with van der Waals surface area (Å²) in [4.78, 5) is 2.71. The van der Waals surface area contributed by atoms with Gasteiger partial charge in [0.25, 0.3) is 0 Å². The van der Waals surface area contributed by atoms with Gasteiger partial charge in [-0.15, -0.1) is 0 Å². The molecule has 1 saturated carbocycles. The predicted molar refractivity (Wildman–Crippen MR) is 89.7 cm³/mol.